The first-order chi connectivity index (χ1) is 7.09. The molecular formula is C9H11Cl2N3O. The average molecular weight is 248 g/mol. The third kappa shape index (κ3) is 4.27. The second kappa shape index (κ2) is 5.68. The van der Waals surface area contributed by atoms with Crippen molar-refractivity contribution >= 4 is 29.2 Å². The summed E-state index contributed by atoms with van der Waals surface area (Å²) in [4.78, 5) is 3.76. The highest BCUT2D eigenvalue weighted by molar-refractivity contribution is 6.34. The van der Waals surface area contributed by atoms with Crippen LogP contribution in [0.25, 0.3) is 0 Å². The van der Waals surface area contributed by atoms with Crippen molar-refractivity contribution in [1.29, 1.82) is 0 Å². The molecule has 1 rings (SSSR count). The van der Waals surface area contributed by atoms with E-state index in [1.165, 1.54) is 0 Å². The van der Waals surface area contributed by atoms with Crippen LogP contribution in [0.1, 0.15) is 0 Å². The molecule has 1 aromatic rings. The fraction of sp³-hybridized carbons (Fsp3) is 0.222. The Kier molecular flexibility index (Phi) is 4.52. The monoisotopic (exact) mass is 247 g/mol. The molecule has 1 aromatic carbocycles. The van der Waals surface area contributed by atoms with Crippen LogP contribution in [0.15, 0.2) is 23.2 Å². The summed E-state index contributed by atoms with van der Waals surface area (Å²) < 4.78 is 5.33. The van der Waals surface area contributed by atoms with Gasteiger partial charge < -0.3 is 16.2 Å². The Bertz CT molecular complexity index is 364. The Morgan fingerprint density at radius 1 is 1.33 bits per heavy atom. The van der Waals surface area contributed by atoms with Gasteiger partial charge in [-0.2, -0.15) is 0 Å². The predicted molar refractivity (Wildman–Crippen MR) is 62.6 cm³/mol. The lowest BCUT2D eigenvalue weighted by Crippen LogP contribution is -2.23. The molecule has 0 unspecified atom stereocenters. The Labute approximate surface area is 97.8 Å². The third-order valence-corrected chi connectivity index (χ3v) is 2.08. The summed E-state index contributed by atoms with van der Waals surface area (Å²) in [5, 5.41) is 1.07. The number of ether oxygens (including phenoxy) is 1. The van der Waals surface area contributed by atoms with E-state index in [1.807, 2.05) is 0 Å². The standard InChI is InChI=1S/C9H11Cl2N3O/c10-6-1-2-7(11)8(5-6)15-4-3-14-9(12)13/h1-2,5H,3-4H2,(H4,12,13,14). The molecule has 0 aliphatic carbocycles. The van der Waals surface area contributed by atoms with Gasteiger partial charge in [0.05, 0.1) is 11.6 Å². The first kappa shape index (κ1) is 11.9. The van der Waals surface area contributed by atoms with Crippen LogP contribution in [-0.4, -0.2) is 19.1 Å². The van der Waals surface area contributed by atoms with E-state index in [0.29, 0.717) is 28.9 Å². The summed E-state index contributed by atoms with van der Waals surface area (Å²) >= 11 is 11.6. The molecule has 0 saturated carbocycles. The number of nitrogens with two attached hydrogens (primary N) is 2. The summed E-state index contributed by atoms with van der Waals surface area (Å²) in [5.41, 5.74) is 10.3. The number of rotatable bonds is 4. The normalized spacial score (nSPS) is 9.73. The smallest absolute Gasteiger partial charge is 0.186 e. The topological polar surface area (TPSA) is 73.6 Å². The van der Waals surface area contributed by atoms with Gasteiger partial charge in [-0.3, -0.25) is 4.99 Å². The van der Waals surface area contributed by atoms with Crippen molar-refractivity contribution in [1.82, 2.24) is 0 Å². The highest BCUT2D eigenvalue weighted by atomic mass is 35.5. The molecule has 0 fully saturated rings. The molecule has 0 radical (unpaired) electrons. The number of nitrogens with zero attached hydrogens (tertiary/aromatic N) is 1. The number of aliphatic imine (C=N–C) groups is 1. The van der Waals surface area contributed by atoms with Crippen LogP contribution in [0.4, 0.5) is 0 Å². The van der Waals surface area contributed by atoms with Crippen molar-refractivity contribution in [3.05, 3.63) is 28.2 Å². The Morgan fingerprint density at radius 2 is 2.07 bits per heavy atom. The zero-order valence-corrected chi connectivity index (χ0v) is 9.42. The van der Waals surface area contributed by atoms with Crippen LogP contribution >= 0.6 is 23.2 Å². The number of hydrogen-bond acceptors (Lipinski definition) is 2. The van der Waals surface area contributed by atoms with Gasteiger partial charge in [0, 0.05) is 11.1 Å². The van der Waals surface area contributed by atoms with E-state index in [1.54, 1.807) is 18.2 Å². The minimum atomic E-state index is 0.0378. The van der Waals surface area contributed by atoms with E-state index >= 15 is 0 Å². The summed E-state index contributed by atoms with van der Waals surface area (Å²) in [6.45, 7) is 0.725. The van der Waals surface area contributed by atoms with E-state index in [0.717, 1.165) is 0 Å². The quantitative estimate of drug-likeness (QED) is 0.483. The van der Waals surface area contributed by atoms with Gasteiger partial charge in [0.1, 0.15) is 12.4 Å². The summed E-state index contributed by atoms with van der Waals surface area (Å²) in [5.74, 6) is 0.561. The van der Waals surface area contributed by atoms with Crippen molar-refractivity contribution in [3.63, 3.8) is 0 Å². The van der Waals surface area contributed by atoms with Crippen LogP contribution in [-0.2, 0) is 0 Å². The maximum absolute atomic E-state index is 5.87. The SMILES string of the molecule is NC(N)=NCCOc1cc(Cl)ccc1Cl. The van der Waals surface area contributed by atoms with Gasteiger partial charge in [0.15, 0.2) is 5.96 Å². The molecule has 0 aromatic heterocycles. The fourth-order valence-corrected chi connectivity index (χ4v) is 1.25. The van der Waals surface area contributed by atoms with Crippen LogP contribution < -0.4 is 16.2 Å². The number of halogens is 2. The van der Waals surface area contributed by atoms with Gasteiger partial charge in [-0.25, -0.2) is 0 Å². The molecule has 15 heavy (non-hydrogen) atoms. The lowest BCUT2D eigenvalue weighted by molar-refractivity contribution is 0.329. The molecule has 4 N–H and O–H groups in total. The molecular weight excluding hydrogens is 237 g/mol. The van der Waals surface area contributed by atoms with E-state index in [4.69, 9.17) is 39.4 Å². The van der Waals surface area contributed by atoms with Crippen molar-refractivity contribution in [2.45, 2.75) is 0 Å². The third-order valence-electron chi connectivity index (χ3n) is 1.54. The lowest BCUT2D eigenvalue weighted by Gasteiger charge is -2.06. The highest BCUT2D eigenvalue weighted by Gasteiger charge is 2.01. The first-order valence-corrected chi connectivity index (χ1v) is 4.98. The van der Waals surface area contributed by atoms with Crippen LogP contribution in [0, 0.1) is 0 Å². The molecule has 6 heteroatoms. The molecule has 82 valence electrons. The number of benzene rings is 1. The maximum Gasteiger partial charge on any atom is 0.186 e. The summed E-state index contributed by atoms with van der Waals surface area (Å²) in [7, 11) is 0. The van der Waals surface area contributed by atoms with Gasteiger partial charge >= 0.3 is 0 Å². The molecule has 0 aliphatic rings. The van der Waals surface area contributed by atoms with Crippen molar-refractivity contribution < 1.29 is 4.74 Å². The highest BCUT2D eigenvalue weighted by Crippen LogP contribution is 2.27. The summed E-state index contributed by atoms with van der Waals surface area (Å²) in [6, 6.07) is 4.99. The van der Waals surface area contributed by atoms with Crippen LogP contribution in [0.5, 0.6) is 5.75 Å². The molecule has 0 amide bonds. The van der Waals surface area contributed by atoms with Gasteiger partial charge in [-0.1, -0.05) is 23.2 Å². The van der Waals surface area contributed by atoms with Crippen molar-refractivity contribution in [3.8, 4) is 5.75 Å². The van der Waals surface area contributed by atoms with Crippen LogP contribution in [0.3, 0.4) is 0 Å². The Hall–Kier alpha value is -1.13. The van der Waals surface area contributed by atoms with Crippen molar-refractivity contribution in [2.75, 3.05) is 13.2 Å². The molecule has 0 aliphatic heterocycles. The molecule has 0 heterocycles. The van der Waals surface area contributed by atoms with E-state index < -0.39 is 0 Å². The van der Waals surface area contributed by atoms with Gasteiger partial charge in [-0.05, 0) is 12.1 Å². The zero-order chi connectivity index (χ0) is 11.3. The number of hydrogen-bond donors (Lipinski definition) is 2. The predicted octanol–water partition coefficient (Wildman–Crippen LogP) is 1.65. The zero-order valence-electron chi connectivity index (χ0n) is 7.91. The first-order valence-electron chi connectivity index (χ1n) is 4.23. The average Bonchev–Trinajstić information content (AvgIpc) is 2.17. The van der Waals surface area contributed by atoms with Gasteiger partial charge in [0.2, 0.25) is 0 Å². The number of guanidine groups is 1. The second-order valence-corrected chi connectivity index (χ2v) is 3.57. The summed E-state index contributed by atoms with van der Waals surface area (Å²) in [6.07, 6.45) is 0. The van der Waals surface area contributed by atoms with Gasteiger partial charge in [0.25, 0.3) is 0 Å². The largest absolute Gasteiger partial charge is 0.490 e. The molecule has 0 spiro atoms. The molecule has 0 atom stereocenters. The van der Waals surface area contributed by atoms with Gasteiger partial charge in [-0.15, -0.1) is 0 Å². The molecule has 0 bridgehead atoms. The lowest BCUT2D eigenvalue weighted by atomic mass is 10.3. The molecule has 0 saturated heterocycles. The fourth-order valence-electron chi connectivity index (χ4n) is 0.918. The Morgan fingerprint density at radius 3 is 2.73 bits per heavy atom. The van der Waals surface area contributed by atoms with Crippen LogP contribution in [0.2, 0.25) is 10.0 Å². The second-order valence-electron chi connectivity index (χ2n) is 2.73. The minimum Gasteiger partial charge on any atom is -0.490 e. The maximum atomic E-state index is 5.87. The minimum absolute atomic E-state index is 0.0378. The van der Waals surface area contributed by atoms with E-state index in [-0.39, 0.29) is 5.96 Å². The molecule has 4 nitrogen and oxygen atoms in total. The van der Waals surface area contributed by atoms with E-state index in [2.05, 4.69) is 4.99 Å². The van der Waals surface area contributed by atoms with Crippen molar-refractivity contribution in [2.24, 2.45) is 16.5 Å². The van der Waals surface area contributed by atoms with E-state index in [9.17, 15) is 0 Å². The Balaban J connectivity index is 2.50.